The molecule has 1 saturated heterocycles. The Balaban J connectivity index is 1.71. The number of methoxy groups -OCH3 is 2. The highest BCUT2D eigenvalue weighted by Crippen LogP contribution is 2.43. The number of rotatable bonds is 42. The van der Waals surface area contributed by atoms with Gasteiger partial charge in [-0.05, 0) is 91.5 Å². The lowest BCUT2D eigenvalue weighted by atomic mass is 9.89. The monoisotopic (exact) mass is 1420 g/mol. The number of anilines is 1. The number of nitrogens with one attached hydrogen (secondary N) is 6. The summed E-state index contributed by atoms with van der Waals surface area (Å²) in [7, 11) is 7.08. The van der Waals surface area contributed by atoms with Crippen molar-refractivity contribution in [3.63, 3.8) is 0 Å². The summed E-state index contributed by atoms with van der Waals surface area (Å²) < 4.78 is 40.6. The Hall–Kier alpha value is -7.47. The van der Waals surface area contributed by atoms with Crippen LogP contribution in [-0.4, -0.2) is 226 Å². The lowest BCUT2D eigenvalue weighted by Gasteiger charge is -2.41. The first-order chi connectivity index (χ1) is 46.4. The van der Waals surface area contributed by atoms with Gasteiger partial charge < -0.3 is 76.1 Å². The minimum absolute atomic E-state index is 0.0139. The van der Waals surface area contributed by atoms with Crippen molar-refractivity contribution < 1.29 is 85.5 Å². The number of aliphatic hydroxyl groups excluding tert-OH is 1. The summed E-state index contributed by atoms with van der Waals surface area (Å²) in [5.41, 5.74) is 15.9. The lowest BCUT2D eigenvalue weighted by Crippen LogP contribution is -2.60. The molecule has 32 heteroatoms. The molecule has 1 heterocycles. The van der Waals surface area contributed by atoms with Gasteiger partial charge in [-0.1, -0.05) is 116 Å². The van der Waals surface area contributed by atoms with Crippen molar-refractivity contribution in [2.24, 2.45) is 40.4 Å². The van der Waals surface area contributed by atoms with Gasteiger partial charge in [0.05, 0.1) is 76.5 Å². The maximum Gasteiger partial charge on any atom is 0.472 e. The van der Waals surface area contributed by atoms with E-state index in [2.05, 4.69) is 41.9 Å². The summed E-state index contributed by atoms with van der Waals surface area (Å²) in [6, 6.07) is 6.52. The summed E-state index contributed by atoms with van der Waals surface area (Å²) in [5.74, 6) is -6.39. The van der Waals surface area contributed by atoms with Crippen molar-refractivity contribution in [3.05, 3.63) is 76.2 Å². The molecular weight excluding hydrogens is 1300 g/mol. The molecular formula is C67H112N14O17P+. The second-order valence-corrected chi connectivity index (χ2v) is 28.8. The van der Waals surface area contributed by atoms with Crippen LogP contribution in [-0.2, 0) is 68.0 Å². The molecule has 1 unspecified atom stereocenters. The molecule has 10 amide bonds. The van der Waals surface area contributed by atoms with Crippen molar-refractivity contribution in [2.75, 3.05) is 87.6 Å². The van der Waals surface area contributed by atoms with Gasteiger partial charge in [-0.15, -0.1) is 0 Å². The third kappa shape index (κ3) is 27.5. The smallest absolute Gasteiger partial charge is 0.445 e. The lowest BCUT2D eigenvalue weighted by molar-refractivity contribution is -0.870. The number of benzene rings is 2. The van der Waals surface area contributed by atoms with Gasteiger partial charge in [-0.25, -0.2) is 14.2 Å². The van der Waals surface area contributed by atoms with Crippen LogP contribution in [0.4, 0.5) is 15.3 Å². The molecule has 0 aromatic heterocycles. The molecule has 0 radical (unpaired) electrons. The quantitative estimate of drug-likeness (QED) is 0.00989. The molecule has 31 nitrogen and oxygen atoms in total. The number of azide groups is 1. The maximum absolute atomic E-state index is 14.8. The Labute approximate surface area is 583 Å². The first-order valence-corrected chi connectivity index (χ1v) is 35.3. The fourth-order valence-electron chi connectivity index (χ4n) is 11.7. The number of aliphatic hydroxyl groups is 1. The number of quaternary nitrogens is 1. The molecule has 3 rings (SSSR count). The number of likely N-dealkylation sites (tertiary alicyclic amines) is 1. The Morgan fingerprint density at radius 1 is 0.778 bits per heavy atom. The number of nitrogens with two attached hydrogens (primary N) is 1. The van der Waals surface area contributed by atoms with Crippen LogP contribution in [0.5, 0.6) is 0 Å². The number of carbonyl (C=O) groups is 9. The van der Waals surface area contributed by atoms with E-state index in [1.54, 1.807) is 91.6 Å². The van der Waals surface area contributed by atoms with E-state index in [4.69, 9.17) is 29.0 Å². The molecule has 1 aliphatic heterocycles. The summed E-state index contributed by atoms with van der Waals surface area (Å²) in [6.45, 7) is 17.7. The number of hydrogen-bond donors (Lipinski definition) is 9. The van der Waals surface area contributed by atoms with E-state index < -0.39 is 146 Å². The number of likely N-dealkylation sites (N-methyl/N-ethyl adjacent to an activating group) is 3. The standard InChI is InChI=1S/C67H111N14O17P/c1-18-43(8)57(52(94-16)38-53(82)80-34-23-27-51(80)59(95-17)44(9)60(84)71-45(10)58(83)47-24-20-19-21-25-47)78(11)65(89)55(41(4)5)75-64(88)56(42(6)7)79(12)67(91)96-39-46-28-30-48(31-29-46)72-61(85)49(26-22-33-70-66(68)90)73-63(87)54(40(2)3)74-62(86)50(76-77-69)32-36-97-99(92,93)98-37-35-81(13,14)15/h19-21,24-25,28-31,40-45,49-52,54-59,83H,18,22-23,26-27,32-39H2,1-17H3,(H8-,68,70,71,72,73,74,75,84,85,86,87,88,90,92,93)/p+1/t43-,44+,45+,49-,50-,51-,52+,54-,55-,56-,57-,58+,59+/m0/s1. The first-order valence-electron chi connectivity index (χ1n) is 33.8. The third-order valence-corrected chi connectivity index (χ3v) is 18.7. The molecule has 556 valence electrons. The Kier molecular flexibility index (Phi) is 35.8. The molecule has 10 N–H and O–H groups in total. The predicted molar refractivity (Wildman–Crippen MR) is 371 cm³/mol. The normalized spacial score (nSPS) is 17.5. The number of carbonyl (C=O) groups excluding carboxylic acids is 9. The zero-order chi connectivity index (χ0) is 74.6. The van der Waals surface area contributed by atoms with Crippen molar-refractivity contribution in [2.45, 2.75) is 187 Å². The average Bonchev–Trinajstić information content (AvgIpc) is 1.79. The van der Waals surface area contributed by atoms with Crippen LogP contribution in [0.15, 0.2) is 59.7 Å². The fourth-order valence-corrected chi connectivity index (χ4v) is 12.5. The van der Waals surface area contributed by atoms with Crippen molar-refractivity contribution >= 4 is 67.0 Å². The van der Waals surface area contributed by atoms with Gasteiger partial charge >= 0.3 is 19.9 Å². The summed E-state index contributed by atoms with van der Waals surface area (Å²) >= 11 is 0. The van der Waals surface area contributed by atoms with Gasteiger partial charge in [-0.3, -0.25) is 47.5 Å². The molecule has 99 heavy (non-hydrogen) atoms. The molecule has 0 bridgehead atoms. The van der Waals surface area contributed by atoms with E-state index in [0.29, 0.717) is 48.0 Å². The number of phosphoric acid groups is 1. The number of primary amides is 1. The van der Waals surface area contributed by atoms with Gasteiger partial charge in [0.25, 0.3) is 0 Å². The Morgan fingerprint density at radius 3 is 1.95 bits per heavy atom. The summed E-state index contributed by atoms with van der Waals surface area (Å²) in [4.78, 5) is 141. The maximum atomic E-state index is 14.8. The molecule has 0 saturated carbocycles. The van der Waals surface area contributed by atoms with E-state index in [0.717, 1.165) is 4.90 Å². The van der Waals surface area contributed by atoms with Crippen molar-refractivity contribution in [1.29, 1.82) is 0 Å². The Morgan fingerprint density at radius 2 is 1.39 bits per heavy atom. The van der Waals surface area contributed by atoms with E-state index >= 15 is 0 Å². The number of hydrogen-bond acceptors (Lipinski definition) is 17. The highest BCUT2D eigenvalue weighted by molar-refractivity contribution is 7.47. The highest BCUT2D eigenvalue weighted by Gasteiger charge is 2.44. The van der Waals surface area contributed by atoms with Crippen LogP contribution in [0.1, 0.15) is 131 Å². The summed E-state index contributed by atoms with van der Waals surface area (Å²) in [5, 5.41) is 30.7. The minimum atomic E-state index is -4.53. The van der Waals surface area contributed by atoms with Gasteiger partial charge in [0.2, 0.25) is 41.4 Å². The topological polar surface area (TPSA) is 414 Å². The molecule has 0 spiro atoms. The van der Waals surface area contributed by atoms with Gasteiger partial charge in [-0.2, -0.15) is 0 Å². The van der Waals surface area contributed by atoms with Gasteiger partial charge in [0, 0.05) is 52.0 Å². The molecule has 14 atom stereocenters. The van der Waals surface area contributed by atoms with Gasteiger partial charge in [0.15, 0.2) is 0 Å². The van der Waals surface area contributed by atoms with Crippen molar-refractivity contribution in [3.8, 4) is 0 Å². The van der Waals surface area contributed by atoms with E-state index in [-0.39, 0.29) is 68.9 Å². The molecule has 1 aliphatic rings. The van der Waals surface area contributed by atoms with E-state index in [9.17, 15) is 63.2 Å². The average molecular weight is 1420 g/mol. The number of amides is 10. The largest absolute Gasteiger partial charge is 0.472 e. The fraction of sp³-hybridized carbons (Fsp3) is 0.687. The number of urea groups is 1. The van der Waals surface area contributed by atoms with Crippen LogP contribution in [0.2, 0.25) is 0 Å². The number of nitrogens with zero attached hydrogens (tertiary/aromatic N) is 7. The number of phosphoric ester groups is 1. The highest BCUT2D eigenvalue weighted by atomic mass is 31.2. The molecule has 1 fully saturated rings. The van der Waals surface area contributed by atoms with E-state index in [1.807, 2.05) is 53.2 Å². The zero-order valence-corrected chi connectivity index (χ0v) is 61.7. The van der Waals surface area contributed by atoms with Crippen LogP contribution < -0.4 is 37.6 Å². The number of ether oxygens (including phenoxy) is 3. The molecule has 2 aromatic carbocycles. The van der Waals surface area contributed by atoms with Crippen LogP contribution in [0, 0.1) is 29.6 Å². The van der Waals surface area contributed by atoms with E-state index in [1.165, 1.54) is 38.3 Å². The summed E-state index contributed by atoms with van der Waals surface area (Å²) in [6.07, 6.45) is -1.72. The predicted octanol–water partition coefficient (Wildman–Crippen LogP) is 5.50. The first kappa shape index (κ1) is 85.8. The molecule has 2 aromatic rings. The molecule has 0 aliphatic carbocycles. The minimum Gasteiger partial charge on any atom is -0.445 e. The van der Waals surface area contributed by atoms with Crippen LogP contribution in [0.25, 0.3) is 10.4 Å². The Bertz CT molecular complexity index is 3050. The second kappa shape index (κ2) is 41.3. The zero-order valence-electron chi connectivity index (χ0n) is 60.8. The van der Waals surface area contributed by atoms with Crippen LogP contribution in [0.3, 0.4) is 0 Å². The van der Waals surface area contributed by atoms with Gasteiger partial charge in [0.1, 0.15) is 50.0 Å². The SMILES string of the molecule is CC[C@H](C)[C@@H]([C@@H](CC(=O)N1CCC[C@H]1[C@H](OC)[C@@H](C)C(=O)N[C@H](C)[C@@H](O)c1ccccc1)OC)N(C)C(=O)[C@@H](NC(=O)[C@H](C(C)C)N(C)C(=O)OCc1ccc(NC(=O)[C@H](CCCNC(N)=O)NC(=O)[C@@H](NC(=O)[C@H](CCOP(=O)(O)OCC[N+](C)(C)C)N=[N+]=[N-])C(C)C)cc1)C(C)C. The third-order valence-electron chi connectivity index (χ3n) is 17.7. The van der Waals surface area contributed by atoms with Crippen LogP contribution >= 0.6 is 7.82 Å². The second-order valence-electron chi connectivity index (χ2n) is 27.4. The van der Waals surface area contributed by atoms with Crippen molar-refractivity contribution in [1.82, 2.24) is 41.3 Å².